The van der Waals surface area contributed by atoms with Gasteiger partial charge >= 0.3 is 0 Å². The molecule has 0 unspecified atom stereocenters. The van der Waals surface area contributed by atoms with Gasteiger partial charge in [0.05, 0.1) is 12.2 Å². The Morgan fingerprint density at radius 2 is 1.64 bits per heavy atom. The quantitative estimate of drug-likeness (QED) is 0.431. The monoisotopic (exact) mass is 392 g/mol. The molecule has 0 amide bonds. The SMILES string of the molecule is Cc1ccc(-c2nnc(SCc3nnc(Cc4ccccc4C)o3)o2)c(C)c1. The molecule has 0 aliphatic heterocycles. The third-order valence-electron chi connectivity index (χ3n) is 4.45. The highest BCUT2D eigenvalue weighted by atomic mass is 32.2. The van der Waals surface area contributed by atoms with Crippen molar-refractivity contribution in [2.75, 3.05) is 0 Å². The molecule has 0 fully saturated rings. The predicted molar refractivity (Wildman–Crippen MR) is 107 cm³/mol. The zero-order chi connectivity index (χ0) is 19.5. The highest BCUT2D eigenvalue weighted by Crippen LogP contribution is 2.27. The van der Waals surface area contributed by atoms with Crippen molar-refractivity contribution in [3.8, 4) is 11.5 Å². The fraction of sp³-hybridized carbons (Fsp3) is 0.238. The lowest BCUT2D eigenvalue weighted by Crippen LogP contribution is -1.91. The van der Waals surface area contributed by atoms with Gasteiger partial charge in [0.25, 0.3) is 5.22 Å². The van der Waals surface area contributed by atoms with Gasteiger partial charge in [-0.3, -0.25) is 0 Å². The van der Waals surface area contributed by atoms with E-state index < -0.39 is 0 Å². The summed E-state index contributed by atoms with van der Waals surface area (Å²) in [7, 11) is 0. The second-order valence-corrected chi connectivity index (χ2v) is 7.60. The van der Waals surface area contributed by atoms with Crippen LogP contribution in [0.5, 0.6) is 0 Å². The highest BCUT2D eigenvalue weighted by molar-refractivity contribution is 7.98. The van der Waals surface area contributed by atoms with Crippen LogP contribution in [0.4, 0.5) is 0 Å². The number of benzene rings is 2. The van der Waals surface area contributed by atoms with E-state index in [1.807, 2.05) is 31.2 Å². The summed E-state index contributed by atoms with van der Waals surface area (Å²) >= 11 is 1.38. The average Bonchev–Trinajstić information content (AvgIpc) is 3.31. The molecular formula is C21H20N4O2S. The van der Waals surface area contributed by atoms with Gasteiger partial charge in [0, 0.05) is 5.56 Å². The number of hydrogen-bond acceptors (Lipinski definition) is 7. The van der Waals surface area contributed by atoms with Gasteiger partial charge in [-0.15, -0.1) is 20.4 Å². The van der Waals surface area contributed by atoms with Crippen LogP contribution < -0.4 is 0 Å². The second-order valence-electron chi connectivity index (χ2n) is 6.67. The van der Waals surface area contributed by atoms with Crippen LogP contribution in [0.1, 0.15) is 34.0 Å². The maximum absolute atomic E-state index is 5.78. The minimum absolute atomic E-state index is 0.480. The maximum Gasteiger partial charge on any atom is 0.277 e. The molecular weight excluding hydrogens is 372 g/mol. The van der Waals surface area contributed by atoms with Crippen LogP contribution >= 0.6 is 11.8 Å². The first-order valence-corrected chi connectivity index (χ1v) is 9.97. The molecule has 2 aromatic heterocycles. The van der Waals surface area contributed by atoms with Crippen LogP contribution in [0.15, 0.2) is 56.5 Å². The molecule has 0 aliphatic rings. The molecule has 0 saturated heterocycles. The van der Waals surface area contributed by atoms with E-state index >= 15 is 0 Å². The largest absolute Gasteiger partial charge is 0.424 e. The van der Waals surface area contributed by atoms with Gasteiger partial charge in [-0.05, 0) is 43.5 Å². The molecule has 0 atom stereocenters. The van der Waals surface area contributed by atoms with E-state index in [4.69, 9.17) is 8.83 Å². The Labute approximate surface area is 167 Å². The molecule has 0 N–H and O–H groups in total. The summed E-state index contributed by atoms with van der Waals surface area (Å²) in [5.41, 5.74) is 5.65. The van der Waals surface area contributed by atoms with Crippen LogP contribution in [0.3, 0.4) is 0 Å². The van der Waals surface area contributed by atoms with Gasteiger partial charge < -0.3 is 8.83 Å². The number of hydrogen-bond donors (Lipinski definition) is 0. The van der Waals surface area contributed by atoms with Crippen molar-refractivity contribution in [1.82, 2.24) is 20.4 Å². The van der Waals surface area contributed by atoms with E-state index in [2.05, 4.69) is 52.4 Å². The van der Waals surface area contributed by atoms with E-state index in [-0.39, 0.29) is 0 Å². The molecule has 4 aromatic rings. The van der Waals surface area contributed by atoms with Crippen molar-refractivity contribution >= 4 is 11.8 Å². The van der Waals surface area contributed by atoms with Gasteiger partial charge in [-0.25, -0.2) is 0 Å². The van der Waals surface area contributed by atoms with Crippen LogP contribution in [-0.2, 0) is 12.2 Å². The zero-order valence-corrected chi connectivity index (χ0v) is 16.8. The number of aromatic nitrogens is 4. The van der Waals surface area contributed by atoms with Gasteiger partial charge in [-0.2, -0.15) is 0 Å². The molecule has 0 spiro atoms. The summed E-state index contributed by atoms with van der Waals surface area (Å²) in [5.74, 6) is 2.15. The zero-order valence-electron chi connectivity index (χ0n) is 16.0. The topological polar surface area (TPSA) is 77.8 Å². The first kappa shape index (κ1) is 18.4. The highest BCUT2D eigenvalue weighted by Gasteiger charge is 2.14. The van der Waals surface area contributed by atoms with Gasteiger partial charge in [0.1, 0.15) is 0 Å². The van der Waals surface area contributed by atoms with E-state index in [0.717, 1.165) is 11.1 Å². The third-order valence-corrected chi connectivity index (χ3v) is 5.25. The Balaban J connectivity index is 1.40. The lowest BCUT2D eigenvalue weighted by molar-refractivity contribution is 0.459. The van der Waals surface area contributed by atoms with Crippen LogP contribution in [0, 0.1) is 20.8 Å². The van der Waals surface area contributed by atoms with E-state index in [1.165, 1.54) is 28.5 Å². The molecule has 28 heavy (non-hydrogen) atoms. The van der Waals surface area contributed by atoms with Crippen LogP contribution in [0.25, 0.3) is 11.5 Å². The summed E-state index contributed by atoms with van der Waals surface area (Å²) in [6.07, 6.45) is 0.627. The smallest absolute Gasteiger partial charge is 0.277 e. The maximum atomic E-state index is 5.78. The molecule has 2 heterocycles. The minimum atomic E-state index is 0.480. The van der Waals surface area contributed by atoms with Crippen molar-refractivity contribution < 1.29 is 8.83 Å². The summed E-state index contributed by atoms with van der Waals surface area (Å²) in [6.45, 7) is 6.17. The Bertz CT molecular complexity index is 1100. The predicted octanol–water partition coefficient (Wildman–Crippen LogP) is 4.93. The van der Waals surface area contributed by atoms with Crippen LogP contribution in [-0.4, -0.2) is 20.4 Å². The lowest BCUT2D eigenvalue weighted by Gasteiger charge is -2.01. The lowest BCUT2D eigenvalue weighted by atomic mass is 10.1. The molecule has 142 valence electrons. The summed E-state index contributed by atoms with van der Waals surface area (Å²) < 4.78 is 11.5. The molecule has 6 nitrogen and oxygen atoms in total. The molecule has 4 rings (SSSR count). The molecule has 2 aromatic carbocycles. The Morgan fingerprint density at radius 3 is 2.46 bits per heavy atom. The fourth-order valence-corrected chi connectivity index (χ4v) is 3.54. The summed E-state index contributed by atoms with van der Waals surface area (Å²) in [5, 5.41) is 17.0. The van der Waals surface area contributed by atoms with Gasteiger partial charge in [-0.1, -0.05) is 53.7 Å². The van der Waals surface area contributed by atoms with E-state index in [9.17, 15) is 0 Å². The number of aryl methyl sites for hydroxylation is 3. The first-order chi connectivity index (χ1) is 13.6. The van der Waals surface area contributed by atoms with E-state index in [0.29, 0.717) is 35.1 Å². The third kappa shape index (κ3) is 4.14. The van der Waals surface area contributed by atoms with E-state index in [1.54, 1.807) is 0 Å². The normalized spacial score (nSPS) is 11.1. The van der Waals surface area contributed by atoms with Crippen molar-refractivity contribution in [3.63, 3.8) is 0 Å². The second kappa shape index (κ2) is 7.98. The van der Waals surface area contributed by atoms with Crippen molar-refractivity contribution in [3.05, 3.63) is 76.5 Å². The molecule has 0 bridgehead atoms. The summed E-state index contributed by atoms with van der Waals surface area (Å²) in [6, 6.07) is 14.3. The number of thioether (sulfide) groups is 1. The Kier molecular flexibility index (Phi) is 5.25. The molecule has 0 radical (unpaired) electrons. The Morgan fingerprint density at radius 1 is 0.821 bits per heavy atom. The van der Waals surface area contributed by atoms with Crippen molar-refractivity contribution in [1.29, 1.82) is 0 Å². The number of nitrogens with zero attached hydrogens (tertiary/aromatic N) is 4. The van der Waals surface area contributed by atoms with Gasteiger partial charge in [0.15, 0.2) is 0 Å². The van der Waals surface area contributed by atoms with Crippen molar-refractivity contribution in [2.24, 2.45) is 0 Å². The minimum Gasteiger partial charge on any atom is -0.424 e. The molecule has 0 aliphatic carbocycles. The Hall–Kier alpha value is -2.93. The average molecular weight is 392 g/mol. The first-order valence-electron chi connectivity index (χ1n) is 8.98. The summed E-state index contributed by atoms with van der Waals surface area (Å²) in [4.78, 5) is 0. The molecule has 7 heteroatoms. The molecule has 0 saturated carbocycles. The van der Waals surface area contributed by atoms with Gasteiger partial charge in [0.2, 0.25) is 17.7 Å². The number of rotatable bonds is 6. The van der Waals surface area contributed by atoms with Crippen LogP contribution in [0.2, 0.25) is 0 Å². The fourth-order valence-electron chi connectivity index (χ4n) is 2.94. The van der Waals surface area contributed by atoms with Crippen molar-refractivity contribution in [2.45, 2.75) is 38.2 Å². The standard InChI is InChI=1S/C21H20N4O2S/c1-13-8-9-17(15(3)10-13)20-24-25-21(27-20)28-12-19-23-22-18(26-19)11-16-7-5-4-6-14(16)2/h4-10H,11-12H2,1-3H3.